The van der Waals surface area contributed by atoms with Crippen LogP contribution in [0.5, 0.6) is 0 Å². The molecule has 9 aromatic rings. The molecule has 3 heteroatoms. The van der Waals surface area contributed by atoms with E-state index >= 15 is 0 Å². The Labute approximate surface area is 273 Å². The van der Waals surface area contributed by atoms with E-state index in [1.54, 1.807) is 0 Å². The van der Waals surface area contributed by atoms with Crippen molar-refractivity contribution in [2.75, 3.05) is 4.90 Å². The Morgan fingerprint density at radius 2 is 0.894 bits per heavy atom. The molecule has 222 valence electrons. The first-order chi connectivity index (χ1) is 23.3. The lowest BCUT2D eigenvalue weighted by Gasteiger charge is -2.26. The molecule has 3 nitrogen and oxygen atoms in total. The third kappa shape index (κ3) is 4.60. The molecule has 0 saturated heterocycles. The van der Waals surface area contributed by atoms with Gasteiger partial charge in [-0.2, -0.15) is 0 Å². The van der Waals surface area contributed by atoms with E-state index in [0.717, 1.165) is 50.5 Å². The van der Waals surface area contributed by atoms with Gasteiger partial charge in [-0.15, -0.1) is 0 Å². The van der Waals surface area contributed by atoms with Crippen molar-refractivity contribution in [3.05, 3.63) is 182 Å². The van der Waals surface area contributed by atoms with E-state index in [0.29, 0.717) is 0 Å². The summed E-state index contributed by atoms with van der Waals surface area (Å²) in [7, 11) is 0. The van der Waals surface area contributed by atoms with E-state index in [1.165, 1.54) is 27.6 Å². The molecule has 0 atom stereocenters. The molecule has 7 aromatic carbocycles. The van der Waals surface area contributed by atoms with E-state index < -0.39 is 0 Å². The number of anilines is 3. The summed E-state index contributed by atoms with van der Waals surface area (Å²) >= 11 is 0. The molecule has 0 spiro atoms. The molecule has 0 bridgehead atoms. The molecule has 0 unspecified atom stereocenters. The number of hydrogen-bond donors (Lipinski definition) is 0. The van der Waals surface area contributed by atoms with Crippen molar-refractivity contribution in [3.8, 4) is 33.4 Å². The fourth-order valence-corrected chi connectivity index (χ4v) is 6.82. The summed E-state index contributed by atoms with van der Waals surface area (Å²) in [6.07, 6.45) is 0. The molecule has 9 rings (SSSR count). The molecule has 0 radical (unpaired) electrons. The summed E-state index contributed by atoms with van der Waals surface area (Å²) in [5, 5.41) is 1.17. The van der Waals surface area contributed by atoms with Crippen LogP contribution in [0.15, 0.2) is 186 Å². The fraction of sp³-hybridized carbons (Fsp3) is 0. The normalized spacial score (nSPS) is 11.4. The van der Waals surface area contributed by atoms with E-state index in [4.69, 9.17) is 4.42 Å². The van der Waals surface area contributed by atoms with E-state index in [9.17, 15) is 0 Å². The molecule has 0 aliphatic rings. The fourth-order valence-electron chi connectivity index (χ4n) is 6.82. The number of rotatable bonds is 6. The summed E-state index contributed by atoms with van der Waals surface area (Å²) in [5.41, 5.74) is 14.0. The second-order valence-corrected chi connectivity index (χ2v) is 11.8. The Balaban J connectivity index is 1.29. The highest BCUT2D eigenvalue weighted by Gasteiger charge is 2.24. The lowest BCUT2D eigenvalue weighted by atomic mass is 10.0. The zero-order valence-corrected chi connectivity index (χ0v) is 25.6. The minimum Gasteiger partial charge on any atom is -0.437 e. The molecule has 0 saturated carbocycles. The SMILES string of the molecule is c1ccc(-c2ccc(N(c3ccc(-c4ccccc4)cc3)c3cccc4oc5c(-c6ccccc6)c6ccccc6n5c34)cc2)cc1. The van der Waals surface area contributed by atoms with Crippen LogP contribution in [0.4, 0.5) is 17.1 Å². The Bertz CT molecular complexity index is 2390. The number of benzene rings is 7. The first-order valence-electron chi connectivity index (χ1n) is 15.9. The average Bonchev–Trinajstić information content (AvgIpc) is 3.68. The third-order valence-electron chi connectivity index (χ3n) is 9.01. The highest BCUT2D eigenvalue weighted by molar-refractivity contribution is 6.09. The second kappa shape index (κ2) is 11.2. The maximum absolute atomic E-state index is 6.78. The van der Waals surface area contributed by atoms with Gasteiger partial charge in [0, 0.05) is 16.8 Å². The molecule has 0 aliphatic carbocycles. The van der Waals surface area contributed by atoms with Crippen LogP contribution in [0.25, 0.3) is 61.1 Å². The summed E-state index contributed by atoms with van der Waals surface area (Å²) in [6.45, 7) is 0. The minimum absolute atomic E-state index is 0.840. The Kier molecular flexibility index (Phi) is 6.46. The molecule has 2 aromatic heterocycles. The quantitative estimate of drug-likeness (QED) is 0.189. The van der Waals surface area contributed by atoms with Crippen molar-refractivity contribution in [1.82, 2.24) is 4.40 Å². The minimum atomic E-state index is 0.840. The van der Waals surface area contributed by atoms with E-state index in [-0.39, 0.29) is 0 Å². The van der Waals surface area contributed by atoms with Crippen LogP contribution in [-0.4, -0.2) is 4.40 Å². The lowest BCUT2D eigenvalue weighted by Crippen LogP contribution is -2.11. The van der Waals surface area contributed by atoms with Crippen molar-refractivity contribution in [1.29, 1.82) is 0 Å². The van der Waals surface area contributed by atoms with Crippen LogP contribution in [-0.2, 0) is 0 Å². The van der Waals surface area contributed by atoms with Crippen LogP contribution in [0.2, 0.25) is 0 Å². The molecule has 2 heterocycles. The van der Waals surface area contributed by atoms with Gasteiger partial charge in [-0.05, 0) is 70.3 Å². The molecule has 0 amide bonds. The van der Waals surface area contributed by atoms with Crippen molar-refractivity contribution in [2.24, 2.45) is 0 Å². The number of oxazole rings is 1. The standard InChI is InChI=1S/C44H30N2O/c1-4-13-31(14-5-1)33-23-27-36(28-24-33)45(37-29-25-34(26-30-37)32-15-6-2-7-16-32)40-21-12-22-41-43(40)46-39-20-11-10-19-38(39)42(44(46)47-41)35-17-8-3-9-18-35/h1-30H. The van der Waals surface area contributed by atoms with Crippen molar-refractivity contribution in [3.63, 3.8) is 0 Å². The highest BCUT2D eigenvalue weighted by Crippen LogP contribution is 2.45. The Morgan fingerprint density at radius 1 is 0.404 bits per heavy atom. The number of fused-ring (bicyclic) bond motifs is 5. The van der Waals surface area contributed by atoms with Gasteiger partial charge < -0.3 is 9.32 Å². The predicted molar refractivity (Wildman–Crippen MR) is 196 cm³/mol. The van der Waals surface area contributed by atoms with Crippen molar-refractivity contribution in [2.45, 2.75) is 0 Å². The van der Waals surface area contributed by atoms with Gasteiger partial charge in [-0.25, -0.2) is 0 Å². The van der Waals surface area contributed by atoms with E-state index in [2.05, 4.69) is 191 Å². The molecular weight excluding hydrogens is 572 g/mol. The number of hydrogen-bond acceptors (Lipinski definition) is 2. The van der Waals surface area contributed by atoms with Gasteiger partial charge in [0.15, 0.2) is 5.58 Å². The van der Waals surface area contributed by atoms with Gasteiger partial charge in [-0.1, -0.05) is 140 Å². The zero-order valence-electron chi connectivity index (χ0n) is 25.6. The molecular formula is C44H30N2O. The molecule has 47 heavy (non-hydrogen) atoms. The van der Waals surface area contributed by atoms with E-state index in [1.807, 2.05) is 0 Å². The topological polar surface area (TPSA) is 20.8 Å². The van der Waals surface area contributed by atoms with Crippen LogP contribution in [0.1, 0.15) is 0 Å². The summed E-state index contributed by atoms with van der Waals surface area (Å²) < 4.78 is 9.07. The monoisotopic (exact) mass is 602 g/mol. The van der Waals surface area contributed by atoms with Gasteiger partial charge in [0.2, 0.25) is 5.71 Å². The zero-order chi connectivity index (χ0) is 31.2. The smallest absolute Gasteiger partial charge is 0.213 e. The van der Waals surface area contributed by atoms with Gasteiger partial charge in [0.1, 0.15) is 5.52 Å². The first-order valence-corrected chi connectivity index (χ1v) is 15.9. The van der Waals surface area contributed by atoms with Crippen LogP contribution in [0.3, 0.4) is 0 Å². The molecule has 0 aliphatic heterocycles. The lowest BCUT2D eigenvalue weighted by molar-refractivity contribution is 0.658. The summed E-state index contributed by atoms with van der Waals surface area (Å²) in [5.74, 6) is 0. The third-order valence-corrected chi connectivity index (χ3v) is 9.01. The highest BCUT2D eigenvalue weighted by atomic mass is 16.3. The number of aromatic nitrogens is 1. The Hall–Kier alpha value is -6.32. The maximum atomic E-state index is 6.78. The van der Waals surface area contributed by atoms with Gasteiger partial charge in [-0.3, -0.25) is 4.40 Å². The largest absolute Gasteiger partial charge is 0.437 e. The molecule has 0 N–H and O–H groups in total. The van der Waals surface area contributed by atoms with Gasteiger partial charge >= 0.3 is 0 Å². The van der Waals surface area contributed by atoms with Crippen LogP contribution in [0, 0.1) is 0 Å². The van der Waals surface area contributed by atoms with Crippen LogP contribution >= 0.6 is 0 Å². The summed E-state index contributed by atoms with van der Waals surface area (Å²) in [6, 6.07) is 64.2. The first kappa shape index (κ1) is 27.0. The molecule has 0 fully saturated rings. The van der Waals surface area contributed by atoms with Crippen molar-refractivity contribution >= 4 is 44.8 Å². The van der Waals surface area contributed by atoms with Gasteiger partial charge in [0.05, 0.1) is 16.8 Å². The Morgan fingerprint density at radius 3 is 1.47 bits per heavy atom. The summed E-state index contributed by atoms with van der Waals surface area (Å²) in [4.78, 5) is 2.35. The van der Waals surface area contributed by atoms with Crippen molar-refractivity contribution < 1.29 is 4.42 Å². The van der Waals surface area contributed by atoms with Crippen LogP contribution < -0.4 is 4.90 Å². The number of nitrogens with zero attached hydrogens (tertiary/aromatic N) is 2. The predicted octanol–water partition coefficient (Wildman–Crippen LogP) is 12.3. The van der Waals surface area contributed by atoms with Gasteiger partial charge in [0.25, 0.3) is 0 Å². The maximum Gasteiger partial charge on any atom is 0.213 e. The second-order valence-electron chi connectivity index (χ2n) is 11.8. The number of para-hydroxylation sites is 2. The average molecular weight is 603 g/mol.